The largest absolute Gasteiger partial charge is 0.334 e. The molecule has 1 aliphatic rings. The molecule has 0 amide bonds. The van der Waals surface area contributed by atoms with Gasteiger partial charge >= 0.3 is 0 Å². The Labute approximate surface area is 155 Å². The van der Waals surface area contributed by atoms with Crippen LogP contribution in [-0.4, -0.2) is 15.1 Å². The zero-order valence-electron chi connectivity index (χ0n) is 14.3. The molecule has 0 spiro atoms. The van der Waals surface area contributed by atoms with Crippen molar-refractivity contribution in [3.05, 3.63) is 64.5 Å². The normalized spacial score (nSPS) is 13.9. The van der Waals surface area contributed by atoms with Gasteiger partial charge in [-0.05, 0) is 38.0 Å². The summed E-state index contributed by atoms with van der Waals surface area (Å²) in [6, 6.07) is 16.3. The predicted molar refractivity (Wildman–Crippen MR) is 103 cm³/mol. The van der Waals surface area contributed by atoms with Gasteiger partial charge in [-0.25, -0.2) is 4.98 Å². The van der Waals surface area contributed by atoms with Crippen molar-refractivity contribution >= 4 is 11.3 Å². The van der Waals surface area contributed by atoms with Gasteiger partial charge in [-0.15, -0.1) is 11.3 Å². The first-order valence-corrected chi connectivity index (χ1v) is 9.61. The molecule has 5 heteroatoms. The minimum absolute atomic E-state index is 0.541. The molecule has 0 radical (unpaired) electrons. The van der Waals surface area contributed by atoms with E-state index in [2.05, 4.69) is 27.7 Å². The van der Waals surface area contributed by atoms with Crippen molar-refractivity contribution in [3.8, 4) is 34.1 Å². The van der Waals surface area contributed by atoms with Crippen LogP contribution in [0.5, 0.6) is 0 Å². The molecule has 0 unspecified atom stereocenters. The van der Waals surface area contributed by atoms with Crippen molar-refractivity contribution in [2.75, 3.05) is 0 Å². The molecule has 1 aliphatic carbocycles. The third kappa shape index (κ3) is 2.95. The van der Waals surface area contributed by atoms with E-state index in [9.17, 15) is 0 Å². The van der Waals surface area contributed by atoms with Gasteiger partial charge < -0.3 is 4.52 Å². The second kappa shape index (κ2) is 6.18. The van der Waals surface area contributed by atoms with Gasteiger partial charge in [-0.2, -0.15) is 4.98 Å². The number of benzene rings is 2. The number of nitrogens with zero attached hydrogens (tertiary/aromatic N) is 3. The number of aryl methyl sites for hydroxylation is 1. The molecule has 0 aliphatic heterocycles. The van der Waals surface area contributed by atoms with Gasteiger partial charge in [-0.1, -0.05) is 41.1 Å². The molecule has 1 saturated carbocycles. The van der Waals surface area contributed by atoms with E-state index in [0.717, 1.165) is 22.4 Å². The van der Waals surface area contributed by atoms with Gasteiger partial charge in [0.05, 0.1) is 10.7 Å². The Bertz CT molecular complexity index is 1080. The summed E-state index contributed by atoms with van der Waals surface area (Å²) in [6.45, 7) is 2.05. The summed E-state index contributed by atoms with van der Waals surface area (Å²) in [7, 11) is 0. The Balaban J connectivity index is 1.47. The van der Waals surface area contributed by atoms with Crippen LogP contribution >= 0.6 is 11.3 Å². The van der Waals surface area contributed by atoms with E-state index in [1.807, 2.05) is 43.3 Å². The SMILES string of the molecule is Cc1cccc(-c2nc(-c3cccc(-c4csc(C5CC5)n4)c3)no2)c1. The molecular formula is C21H17N3OS. The highest BCUT2D eigenvalue weighted by atomic mass is 32.1. The Morgan fingerprint density at radius 1 is 0.962 bits per heavy atom. The lowest BCUT2D eigenvalue weighted by Gasteiger charge is -1.99. The van der Waals surface area contributed by atoms with Gasteiger partial charge in [0.15, 0.2) is 0 Å². The number of thiazole rings is 1. The van der Waals surface area contributed by atoms with E-state index >= 15 is 0 Å². The molecule has 0 saturated heterocycles. The molecule has 4 nitrogen and oxygen atoms in total. The lowest BCUT2D eigenvalue weighted by Crippen LogP contribution is -1.85. The zero-order valence-corrected chi connectivity index (χ0v) is 15.2. The van der Waals surface area contributed by atoms with Crippen LogP contribution in [0.2, 0.25) is 0 Å². The van der Waals surface area contributed by atoms with Gasteiger partial charge in [-0.3, -0.25) is 0 Å². The topological polar surface area (TPSA) is 51.8 Å². The Morgan fingerprint density at radius 3 is 2.62 bits per heavy atom. The molecule has 5 rings (SSSR count). The quantitative estimate of drug-likeness (QED) is 0.468. The van der Waals surface area contributed by atoms with E-state index in [4.69, 9.17) is 9.51 Å². The van der Waals surface area contributed by atoms with Crippen molar-refractivity contribution in [1.29, 1.82) is 0 Å². The van der Waals surface area contributed by atoms with Crippen LogP contribution in [0.15, 0.2) is 58.4 Å². The highest BCUT2D eigenvalue weighted by Crippen LogP contribution is 2.42. The monoisotopic (exact) mass is 359 g/mol. The summed E-state index contributed by atoms with van der Waals surface area (Å²) >= 11 is 1.76. The molecule has 26 heavy (non-hydrogen) atoms. The average Bonchev–Trinajstić information content (AvgIpc) is 3.20. The number of hydrogen-bond acceptors (Lipinski definition) is 5. The van der Waals surface area contributed by atoms with Crippen LogP contribution in [0.1, 0.15) is 29.3 Å². The Morgan fingerprint density at radius 2 is 1.77 bits per heavy atom. The summed E-state index contributed by atoms with van der Waals surface area (Å²) < 4.78 is 5.47. The predicted octanol–water partition coefficient (Wildman–Crippen LogP) is 5.71. The molecule has 0 atom stereocenters. The first kappa shape index (κ1) is 15.5. The third-order valence-electron chi connectivity index (χ3n) is 4.56. The van der Waals surface area contributed by atoms with Crippen LogP contribution < -0.4 is 0 Å². The molecule has 2 heterocycles. The Kier molecular flexibility index (Phi) is 3.68. The molecule has 2 aromatic heterocycles. The van der Waals surface area contributed by atoms with Crippen molar-refractivity contribution in [1.82, 2.24) is 15.1 Å². The molecule has 0 bridgehead atoms. The van der Waals surface area contributed by atoms with Gasteiger partial charge in [0, 0.05) is 28.0 Å². The summed E-state index contributed by atoms with van der Waals surface area (Å²) in [5.74, 6) is 1.82. The highest BCUT2D eigenvalue weighted by molar-refractivity contribution is 7.10. The standard InChI is InChI=1S/C21H17N3OS/c1-13-4-2-7-17(10-13)20-23-19(24-25-20)16-6-3-5-15(11-16)18-12-26-21(22-18)14-8-9-14/h2-7,10-12,14H,8-9H2,1H3. The molecule has 128 valence electrons. The van der Waals surface area contributed by atoms with Gasteiger partial charge in [0.1, 0.15) is 0 Å². The average molecular weight is 359 g/mol. The minimum atomic E-state index is 0.541. The summed E-state index contributed by atoms with van der Waals surface area (Å²) in [6.07, 6.45) is 2.55. The van der Waals surface area contributed by atoms with Crippen molar-refractivity contribution in [3.63, 3.8) is 0 Å². The summed E-state index contributed by atoms with van der Waals surface area (Å²) in [5, 5.41) is 7.56. The van der Waals surface area contributed by atoms with E-state index in [0.29, 0.717) is 17.6 Å². The second-order valence-electron chi connectivity index (χ2n) is 6.72. The van der Waals surface area contributed by atoms with E-state index in [1.165, 1.54) is 23.4 Å². The zero-order chi connectivity index (χ0) is 17.5. The fourth-order valence-corrected chi connectivity index (χ4v) is 3.99. The van der Waals surface area contributed by atoms with Crippen LogP contribution in [0, 0.1) is 6.92 Å². The lowest BCUT2D eigenvalue weighted by molar-refractivity contribution is 0.432. The second-order valence-corrected chi connectivity index (χ2v) is 7.61. The number of rotatable bonds is 4. The smallest absolute Gasteiger partial charge is 0.258 e. The van der Waals surface area contributed by atoms with Crippen molar-refractivity contribution in [2.24, 2.45) is 0 Å². The van der Waals surface area contributed by atoms with Crippen LogP contribution in [0.4, 0.5) is 0 Å². The minimum Gasteiger partial charge on any atom is -0.334 e. The van der Waals surface area contributed by atoms with E-state index in [-0.39, 0.29) is 0 Å². The molecular weight excluding hydrogens is 342 g/mol. The lowest BCUT2D eigenvalue weighted by atomic mass is 10.1. The van der Waals surface area contributed by atoms with Crippen LogP contribution in [0.25, 0.3) is 34.1 Å². The Hall–Kier alpha value is -2.79. The fourth-order valence-electron chi connectivity index (χ4n) is 2.99. The fraction of sp³-hybridized carbons (Fsp3) is 0.190. The first-order chi connectivity index (χ1) is 12.8. The maximum absolute atomic E-state index is 5.47. The van der Waals surface area contributed by atoms with Crippen LogP contribution in [-0.2, 0) is 0 Å². The first-order valence-electron chi connectivity index (χ1n) is 8.73. The number of aromatic nitrogens is 3. The van der Waals surface area contributed by atoms with E-state index in [1.54, 1.807) is 11.3 Å². The van der Waals surface area contributed by atoms with Gasteiger partial charge in [0.2, 0.25) is 5.82 Å². The molecule has 0 N–H and O–H groups in total. The summed E-state index contributed by atoms with van der Waals surface area (Å²) in [4.78, 5) is 9.37. The van der Waals surface area contributed by atoms with Crippen LogP contribution in [0.3, 0.4) is 0 Å². The van der Waals surface area contributed by atoms with Crippen molar-refractivity contribution < 1.29 is 4.52 Å². The van der Waals surface area contributed by atoms with Gasteiger partial charge in [0.25, 0.3) is 5.89 Å². The summed E-state index contributed by atoms with van der Waals surface area (Å²) in [5.41, 5.74) is 5.16. The van der Waals surface area contributed by atoms with Crippen molar-refractivity contribution in [2.45, 2.75) is 25.7 Å². The molecule has 1 fully saturated rings. The van der Waals surface area contributed by atoms with E-state index < -0.39 is 0 Å². The maximum Gasteiger partial charge on any atom is 0.258 e. The molecule has 2 aromatic carbocycles. The molecule has 4 aromatic rings. The number of hydrogen-bond donors (Lipinski definition) is 0. The maximum atomic E-state index is 5.47. The third-order valence-corrected chi connectivity index (χ3v) is 5.56. The highest BCUT2D eigenvalue weighted by Gasteiger charge is 2.26.